The third-order valence-corrected chi connectivity index (χ3v) is 7.59. The number of thiophene rings is 1. The number of hydrogen-bond acceptors (Lipinski definition) is 6. The maximum Gasteiger partial charge on any atom is 0.242 e. The summed E-state index contributed by atoms with van der Waals surface area (Å²) in [4.78, 5) is 31.6. The number of carbonyl (C=O) groups excluding carboxylic acids is 2. The van der Waals surface area contributed by atoms with Crippen LogP contribution in [-0.2, 0) is 20.7 Å². The smallest absolute Gasteiger partial charge is 0.242 e. The number of ether oxygens (including phenoxy) is 3. The molecule has 3 heterocycles. The summed E-state index contributed by atoms with van der Waals surface area (Å²) < 4.78 is 17.4. The van der Waals surface area contributed by atoms with Crippen LogP contribution in [0, 0.1) is 5.92 Å². The molecule has 0 unspecified atom stereocenters. The van der Waals surface area contributed by atoms with Crippen molar-refractivity contribution in [1.82, 2.24) is 9.80 Å². The van der Waals surface area contributed by atoms with Gasteiger partial charge in [0.05, 0.1) is 25.8 Å². The monoisotopic (exact) mass is 500 g/mol. The summed E-state index contributed by atoms with van der Waals surface area (Å²) in [5.41, 5.74) is 1.13. The van der Waals surface area contributed by atoms with Gasteiger partial charge >= 0.3 is 0 Å². The number of hydrogen-bond donors (Lipinski definition) is 0. The van der Waals surface area contributed by atoms with E-state index in [4.69, 9.17) is 14.2 Å². The lowest BCUT2D eigenvalue weighted by Gasteiger charge is -2.37. The van der Waals surface area contributed by atoms with Crippen molar-refractivity contribution in [2.75, 3.05) is 40.0 Å². The van der Waals surface area contributed by atoms with Gasteiger partial charge in [-0.3, -0.25) is 9.59 Å². The minimum Gasteiger partial charge on any atom is -0.493 e. The number of nitrogens with zero attached hydrogens (tertiary/aromatic N) is 2. The second kappa shape index (κ2) is 11.9. The van der Waals surface area contributed by atoms with Gasteiger partial charge in [-0.1, -0.05) is 26.0 Å². The van der Waals surface area contributed by atoms with Crippen molar-refractivity contribution >= 4 is 23.2 Å². The predicted molar refractivity (Wildman–Crippen MR) is 136 cm³/mol. The zero-order chi connectivity index (χ0) is 24.8. The zero-order valence-electron chi connectivity index (χ0n) is 20.9. The minimum atomic E-state index is -0.216. The van der Waals surface area contributed by atoms with Crippen LogP contribution in [0.1, 0.15) is 49.6 Å². The van der Waals surface area contributed by atoms with Gasteiger partial charge < -0.3 is 24.0 Å². The molecule has 1 aromatic heterocycles. The average Bonchev–Trinajstić information content (AvgIpc) is 3.53. The van der Waals surface area contributed by atoms with E-state index in [2.05, 4.69) is 11.4 Å². The van der Waals surface area contributed by atoms with Crippen LogP contribution in [0.25, 0.3) is 0 Å². The highest BCUT2D eigenvalue weighted by Gasteiger charge is 2.34. The first kappa shape index (κ1) is 25.5. The van der Waals surface area contributed by atoms with Crippen LogP contribution in [0.2, 0.25) is 0 Å². The molecule has 0 bridgehead atoms. The maximum absolute atomic E-state index is 13.7. The summed E-state index contributed by atoms with van der Waals surface area (Å²) >= 11 is 1.72. The number of amides is 2. The van der Waals surface area contributed by atoms with E-state index >= 15 is 0 Å². The van der Waals surface area contributed by atoms with Gasteiger partial charge in [0.1, 0.15) is 6.61 Å². The molecule has 1 saturated heterocycles. The molecule has 0 radical (unpaired) electrons. The highest BCUT2D eigenvalue weighted by atomic mass is 32.1. The van der Waals surface area contributed by atoms with Gasteiger partial charge in [0.2, 0.25) is 11.8 Å². The fourth-order valence-electron chi connectivity index (χ4n) is 4.80. The van der Waals surface area contributed by atoms with Crippen LogP contribution >= 0.6 is 11.3 Å². The quantitative estimate of drug-likeness (QED) is 0.486. The number of para-hydroxylation sites is 2. The molecule has 2 aliphatic rings. The lowest BCUT2D eigenvalue weighted by molar-refractivity contribution is -0.144. The molecule has 8 heteroatoms. The van der Waals surface area contributed by atoms with Gasteiger partial charge in [-0.15, -0.1) is 11.3 Å². The average molecular weight is 501 g/mol. The van der Waals surface area contributed by atoms with E-state index in [9.17, 15) is 9.59 Å². The maximum atomic E-state index is 13.7. The third kappa shape index (κ3) is 6.35. The van der Waals surface area contributed by atoms with E-state index in [0.29, 0.717) is 37.6 Å². The van der Waals surface area contributed by atoms with Crippen LogP contribution in [0.5, 0.6) is 11.5 Å². The molecule has 7 nitrogen and oxygen atoms in total. The SMILES string of the molecule is COc1ccccc1OC[C@@H]1c2ccsc2CCN1C(=O)CN(C[C@@H]1CCCO1)C(=O)CC(C)C. The molecule has 1 aromatic carbocycles. The Morgan fingerprint density at radius 3 is 2.74 bits per heavy atom. The van der Waals surface area contributed by atoms with Crippen LogP contribution < -0.4 is 9.47 Å². The van der Waals surface area contributed by atoms with E-state index in [1.807, 2.05) is 43.0 Å². The van der Waals surface area contributed by atoms with Crippen molar-refractivity contribution in [3.05, 3.63) is 46.2 Å². The molecule has 0 aliphatic carbocycles. The Labute approximate surface area is 212 Å². The van der Waals surface area contributed by atoms with Crippen LogP contribution in [0.3, 0.4) is 0 Å². The Morgan fingerprint density at radius 1 is 1.23 bits per heavy atom. The first-order valence-corrected chi connectivity index (χ1v) is 13.3. The predicted octanol–water partition coefficient (Wildman–Crippen LogP) is 4.32. The largest absolute Gasteiger partial charge is 0.493 e. The number of fused-ring (bicyclic) bond motifs is 1. The molecule has 1 fully saturated rings. The first-order valence-electron chi connectivity index (χ1n) is 12.5. The van der Waals surface area contributed by atoms with Gasteiger partial charge in [-0.25, -0.2) is 0 Å². The molecule has 190 valence electrons. The first-order chi connectivity index (χ1) is 17.0. The van der Waals surface area contributed by atoms with E-state index in [0.717, 1.165) is 31.4 Å². The van der Waals surface area contributed by atoms with Gasteiger partial charge in [0.25, 0.3) is 0 Å². The minimum absolute atomic E-state index is 0.00780. The Hall–Kier alpha value is -2.58. The zero-order valence-corrected chi connectivity index (χ0v) is 21.7. The van der Waals surface area contributed by atoms with Crippen molar-refractivity contribution < 1.29 is 23.8 Å². The van der Waals surface area contributed by atoms with E-state index < -0.39 is 0 Å². The standard InChI is InChI=1S/C27H36N2O5S/c1-19(2)15-26(30)28(16-20-7-6-13-33-20)17-27(31)29-12-10-25-21(11-14-35-25)22(29)18-34-24-9-5-4-8-23(24)32-3/h4-5,8-9,11,14,19-20,22H,6-7,10,12-13,15-18H2,1-3H3/t20-,22+/m0/s1. The highest BCUT2D eigenvalue weighted by molar-refractivity contribution is 7.10. The molecule has 2 aliphatic heterocycles. The van der Waals surface area contributed by atoms with Crippen molar-refractivity contribution in [2.24, 2.45) is 5.92 Å². The fraction of sp³-hybridized carbons (Fsp3) is 0.556. The van der Waals surface area contributed by atoms with Crippen LogP contribution in [0.15, 0.2) is 35.7 Å². The highest BCUT2D eigenvalue weighted by Crippen LogP contribution is 2.35. The summed E-state index contributed by atoms with van der Waals surface area (Å²) in [7, 11) is 1.62. The second-order valence-corrected chi connectivity index (χ2v) is 10.6. The van der Waals surface area contributed by atoms with Crippen LogP contribution in [-0.4, -0.2) is 67.7 Å². The lowest BCUT2D eigenvalue weighted by Crippen LogP contribution is -2.49. The molecule has 35 heavy (non-hydrogen) atoms. The van der Waals surface area contributed by atoms with E-state index in [1.54, 1.807) is 23.3 Å². The number of methoxy groups -OCH3 is 1. The van der Waals surface area contributed by atoms with Crippen molar-refractivity contribution in [3.63, 3.8) is 0 Å². The molecule has 0 spiro atoms. The Bertz CT molecular complexity index is 1000. The summed E-state index contributed by atoms with van der Waals surface area (Å²) in [6.07, 6.45) is 3.18. The Balaban J connectivity index is 1.50. The molecule has 2 amide bonds. The van der Waals surface area contributed by atoms with Gasteiger partial charge in [0.15, 0.2) is 11.5 Å². The summed E-state index contributed by atoms with van der Waals surface area (Å²) in [6, 6.07) is 9.40. The molecule has 2 aromatic rings. The third-order valence-electron chi connectivity index (χ3n) is 6.59. The Kier molecular flexibility index (Phi) is 8.68. The molecular weight excluding hydrogens is 464 g/mol. The number of rotatable bonds is 10. The second-order valence-electron chi connectivity index (χ2n) is 9.62. The summed E-state index contributed by atoms with van der Waals surface area (Å²) in [5, 5.41) is 2.07. The molecular formula is C27H36N2O5S. The van der Waals surface area contributed by atoms with Crippen molar-refractivity contribution in [3.8, 4) is 11.5 Å². The van der Waals surface area contributed by atoms with Gasteiger partial charge in [0, 0.05) is 31.0 Å². The summed E-state index contributed by atoms with van der Waals surface area (Å²) in [5.74, 6) is 1.50. The van der Waals surface area contributed by atoms with Crippen LogP contribution in [0.4, 0.5) is 0 Å². The number of benzene rings is 1. The summed E-state index contributed by atoms with van der Waals surface area (Å²) in [6.45, 7) is 6.24. The van der Waals surface area contributed by atoms with Gasteiger partial charge in [-0.05, 0) is 54.3 Å². The van der Waals surface area contributed by atoms with Gasteiger partial charge in [-0.2, -0.15) is 0 Å². The van der Waals surface area contributed by atoms with Crippen molar-refractivity contribution in [2.45, 2.75) is 51.7 Å². The number of carbonyl (C=O) groups is 2. The fourth-order valence-corrected chi connectivity index (χ4v) is 5.73. The Morgan fingerprint density at radius 2 is 2.03 bits per heavy atom. The molecule has 0 N–H and O–H groups in total. The molecule has 2 atom stereocenters. The molecule has 0 saturated carbocycles. The van der Waals surface area contributed by atoms with E-state index in [1.165, 1.54) is 4.88 Å². The normalized spacial score (nSPS) is 19.5. The van der Waals surface area contributed by atoms with E-state index in [-0.39, 0.29) is 36.4 Å². The topological polar surface area (TPSA) is 68.3 Å². The lowest BCUT2D eigenvalue weighted by atomic mass is 10.00. The van der Waals surface area contributed by atoms with Crippen molar-refractivity contribution in [1.29, 1.82) is 0 Å². The molecule has 4 rings (SSSR count).